The molecule has 1 aliphatic heterocycles. The summed E-state index contributed by atoms with van der Waals surface area (Å²) < 4.78 is 7.38. The van der Waals surface area contributed by atoms with Gasteiger partial charge in [0.15, 0.2) is 11.5 Å². The van der Waals surface area contributed by atoms with Crippen LogP contribution in [0.15, 0.2) is 12.7 Å². The van der Waals surface area contributed by atoms with Gasteiger partial charge in [0.1, 0.15) is 17.9 Å². The number of aliphatic hydroxyl groups is 2. The van der Waals surface area contributed by atoms with Crippen molar-refractivity contribution in [1.82, 2.24) is 19.5 Å². The van der Waals surface area contributed by atoms with Gasteiger partial charge in [0.25, 0.3) is 0 Å². The van der Waals surface area contributed by atoms with Crippen LogP contribution in [-0.4, -0.2) is 55.2 Å². The van der Waals surface area contributed by atoms with Gasteiger partial charge in [-0.05, 0) is 6.42 Å². The second-order valence-electron chi connectivity index (χ2n) is 4.55. The number of nitrogens with two attached hydrogens (primary N) is 1. The molecule has 3 atom stereocenters. The number of nitrogens with zero attached hydrogens (tertiary/aromatic N) is 4. The van der Waals surface area contributed by atoms with Gasteiger partial charge in [-0.3, -0.25) is 0 Å². The van der Waals surface area contributed by atoms with E-state index in [2.05, 4.69) is 15.0 Å². The molecular weight excluding hydrogens is 250 g/mol. The number of fused-ring (bicyclic) bond motifs is 1. The van der Waals surface area contributed by atoms with Crippen molar-refractivity contribution in [1.29, 1.82) is 0 Å². The van der Waals surface area contributed by atoms with Gasteiger partial charge in [-0.2, -0.15) is 0 Å². The van der Waals surface area contributed by atoms with Gasteiger partial charge >= 0.3 is 0 Å². The number of hydrogen-bond donors (Lipinski definition) is 3. The number of rotatable bonds is 3. The Hall–Kier alpha value is -1.77. The van der Waals surface area contributed by atoms with Crippen LogP contribution in [0.3, 0.4) is 0 Å². The molecule has 2 aromatic heterocycles. The first-order valence-corrected chi connectivity index (χ1v) is 6.04. The van der Waals surface area contributed by atoms with Crippen molar-refractivity contribution in [2.75, 3.05) is 18.9 Å². The van der Waals surface area contributed by atoms with E-state index < -0.39 is 0 Å². The van der Waals surface area contributed by atoms with E-state index in [1.165, 1.54) is 6.33 Å². The topological polar surface area (TPSA) is 119 Å². The first kappa shape index (κ1) is 12.3. The summed E-state index contributed by atoms with van der Waals surface area (Å²) >= 11 is 0. The molecule has 0 aromatic carbocycles. The van der Waals surface area contributed by atoms with Crippen LogP contribution in [0.4, 0.5) is 5.82 Å². The standard InChI is InChI=1S/C11H15N5O3/c12-10-9-11(14-4-13-10)16(5-15-9)7-1-6(2-17)19-8(7)3-18/h4-8,17-18H,1-3H2,(H2,12,13,14)/t6-,7-,8+/m0/s1. The van der Waals surface area contributed by atoms with Crippen molar-refractivity contribution in [2.24, 2.45) is 0 Å². The first-order chi connectivity index (χ1) is 9.24. The van der Waals surface area contributed by atoms with Crippen LogP contribution in [0.2, 0.25) is 0 Å². The molecule has 8 nitrogen and oxygen atoms in total. The largest absolute Gasteiger partial charge is 0.394 e. The maximum atomic E-state index is 9.38. The summed E-state index contributed by atoms with van der Waals surface area (Å²) in [5, 5.41) is 18.6. The summed E-state index contributed by atoms with van der Waals surface area (Å²) in [5.74, 6) is 0.321. The molecule has 19 heavy (non-hydrogen) atoms. The van der Waals surface area contributed by atoms with Gasteiger partial charge in [-0.1, -0.05) is 0 Å². The van der Waals surface area contributed by atoms with Gasteiger partial charge in [-0.25, -0.2) is 15.0 Å². The molecule has 0 saturated carbocycles. The van der Waals surface area contributed by atoms with Crippen LogP contribution in [0.1, 0.15) is 12.5 Å². The van der Waals surface area contributed by atoms with Crippen molar-refractivity contribution in [3.05, 3.63) is 12.7 Å². The molecule has 8 heteroatoms. The number of anilines is 1. The van der Waals surface area contributed by atoms with Crippen LogP contribution < -0.4 is 5.73 Å². The van der Waals surface area contributed by atoms with E-state index in [0.29, 0.717) is 23.4 Å². The Labute approximate surface area is 108 Å². The van der Waals surface area contributed by atoms with E-state index in [1.54, 1.807) is 6.33 Å². The number of imidazole rings is 1. The van der Waals surface area contributed by atoms with Crippen molar-refractivity contribution >= 4 is 17.0 Å². The Morgan fingerprint density at radius 2 is 2.16 bits per heavy atom. The van der Waals surface area contributed by atoms with Crippen LogP contribution in [0.25, 0.3) is 11.2 Å². The van der Waals surface area contributed by atoms with Gasteiger partial charge in [0, 0.05) is 0 Å². The molecule has 3 rings (SSSR count). The molecule has 1 aliphatic rings. The van der Waals surface area contributed by atoms with Gasteiger partial charge in [0.2, 0.25) is 0 Å². The molecule has 3 heterocycles. The molecule has 0 bridgehead atoms. The highest BCUT2D eigenvalue weighted by Crippen LogP contribution is 2.32. The molecule has 1 fully saturated rings. The summed E-state index contributed by atoms with van der Waals surface area (Å²) in [6.07, 6.45) is 2.93. The summed E-state index contributed by atoms with van der Waals surface area (Å²) in [4.78, 5) is 12.3. The quantitative estimate of drug-likeness (QED) is 0.657. The van der Waals surface area contributed by atoms with Gasteiger partial charge in [-0.15, -0.1) is 0 Å². The van der Waals surface area contributed by atoms with Gasteiger partial charge in [0.05, 0.1) is 31.7 Å². The molecule has 0 spiro atoms. The van der Waals surface area contributed by atoms with Crippen molar-refractivity contribution in [3.63, 3.8) is 0 Å². The normalized spacial score (nSPS) is 27.2. The molecule has 0 amide bonds. The molecule has 1 saturated heterocycles. The van der Waals surface area contributed by atoms with Crippen molar-refractivity contribution in [3.8, 4) is 0 Å². The van der Waals surface area contributed by atoms with Crippen LogP contribution in [0, 0.1) is 0 Å². The number of ether oxygens (including phenoxy) is 1. The molecule has 0 aliphatic carbocycles. The fourth-order valence-electron chi connectivity index (χ4n) is 2.50. The van der Waals surface area contributed by atoms with Crippen LogP contribution >= 0.6 is 0 Å². The highest BCUT2D eigenvalue weighted by molar-refractivity contribution is 5.81. The van der Waals surface area contributed by atoms with E-state index in [-0.39, 0.29) is 31.5 Å². The first-order valence-electron chi connectivity index (χ1n) is 6.04. The molecule has 0 radical (unpaired) electrons. The Kier molecular flexibility index (Phi) is 3.05. The highest BCUT2D eigenvalue weighted by atomic mass is 16.5. The third kappa shape index (κ3) is 1.93. The summed E-state index contributed by atoms with van der Waals surface area (Å²) in [6.45, 7) is -0.196. The van der Waals surface area contributed by atoms with Crippen LogP contribution in [-0.2, 0) is 4.74 Å². The smallest absolute Gasteiger partial charge is 0.165 e. The fourth-order valence-corrected chi connectivity index (χ4v) is 2.50. The third-order valence-corrected chi connectivity index (χ3v) is 3.43. The van der Waals surface area contributed by atoms with Crippen molar-refractivity contribution in [2.45, 2.75) is 24.7 Å². The predicted molar refractivity (Wildman–Crippen MR) is 66.2 cm³/mol. The Morgan fingerprint density at radius 1 is 1.32 bits per heavy atom. The second-order valence-corrected chi connectivity index (χ2v) is 4.55. The predicted octanol–water partition coefficient (Wildman–Crippen LogP) is -0.908. The Balaban J connectivity index is 2.02. The zero-order valence-corrected chi connectivity index (χ0v) is 10.2. The van der Waals surface area contributed by atoms with Crippen LogP contribution in [0.5, 0.6) is 0 Å². The summed E-state index contributed by atoms with van der Waals surface area (Å²) in [7, 11) is 0. The number of nitrogen functional groups attached to an aromatic ring is 1. The van der Waals surface area contributed by atoms with Crippen molar-refractivity contribution < 1.29 is 14.9 Å². The summed E-state index contributed by atoms with van der Waals surface area (Å²) in [5.41, 5.74) is 6.88. The second kappa shape index (κ2) is 4.72. The Bertz CT molecular complexity index is 587. The van der Waals surface area contributed by atoms with E-state index in [9.17, 15) is 10.2 Å². The zero-order chi connectivity index (χ0) is 13.4. The monoisotopic (exact) mass is 265 g/mol. The SMILES string of the molecule is Nc1ncnc2c1ncn2[C@H]1C[C@@H](CO)O[C@@H]1CO. The van der Waals surface area contributed by atoms with E-state index >= 15 is 0 Å². The van der Waals surface area contributed by atoms with E-state index in [1.807, 2.05) is 4.57 Å². The average Bonchev–Trinajstić information content (AvgIpc) is 3.02. The minimum Gasteiger partial charge on any atom is -0.394 e. The molecule has 2 aromatic rings. The zero-order valence-electron chi connectivity index (χ0n) is 10.2. The maximum Gasteiger partial charge on any atom is 0.165 e. The lowest BCUT2D eigenvalue weighted by Gasteiger charge is -2.17. The number of hydrogen-bond acceptors (Lipinski definition) is 7. The average molecular weight is 265 g/mol. The molecule has 4 N–H and O–H groups in total. The third-order valence-electron chi connectivity index (χ3n) is 3.43. The minimum atomic E-state index is -0.384. The molecule has 0 unspecified atom stereocenters. The Morgan fingerprint density at radius 3 is 2.89 bits per heavy atom. The van der Waals surface area contributed by atoms with E-state index in [4.69, 9.17) is 10.5 Å². The van der Waals surface area contributed by atoms with E-state index in [0.717, 1.165) is 0 Å². The maximum absolute atomic E-state index is 9.38. The minimum absolute atomic E-state index is 0.0727. The molecular formula is C11H15N5O3. The lowest BCUT2D eigenvalue weighted by atomic mass is 10.1. The molecule has 102 valence electrons. The number of aliphatic hydroxyl groups excluding tert-OH is 2. The summed E-state index contributed by atoms with van der Waals surface area (Å²) in [6, 6.07) is -0.124. The number of aromatic nitrogens is 4. The highest BCUT2D eigenvalue weighted by Gasteiger charge is 2.36. The lowest BCUT2D eigenvalue weighted by molar-refractivity contribution is -0.0190. The lowest BCUT2D eigenvalue weighted by Crippen LogP contribution is -2.23. The van der Waals surface area contributed by atoms with Gasteiger partial charge < -0.3 is 25.3 Å². The fraction of sp³-hybridized carbons (Fsp3) is 0.545.